The van der Waals surface area contributed by atoms with Gasteiger partial charge in [0, 0.05) is 11.3 Å². The fourth-order valence-electron chi connectivity index (χ4n) is 2.29. The van der Waals surface area contributed by atoms with Gasteiger partial charge in [0.05, 0.1) is 7.11 Å². The first-order valence-corrected chi connectivity index (χ1v) is 6.45. The van der Waals surface area contributed by atoms with Crippen molar-refractivity contribution in [2.75, 3.05) is 7.11 Å². The van der Waals surface area contributed by atoms with Gasteiger partial charge >= 0.3 is 12.0 Å². The van der Waals surface area contributed by atoms with Gasteiger partial charge in [0.2, 0.25) is 0 Å². The molecule has 6 heteroatoms. The molecule has 0 aliphatic heterocycles. The van der Waals surface area contributed by atoms with E-state index in [4.69, 9.17) is 9.84 Å². The summed E-state index contributed by atoms with van der Waals surface area (Å²) in [6.07, 6.45) is 0.301. The number of benzene rings is 2. The minimum Gasteiger partial charge on any atom is -0.497 e. The van der Waals surface area contributed by atoms with E-state index in [0.29, 0.717) is 6.42 Å². The van der Waals surface area contributed by atoms with E-state index in [2.05, 4.69) is 0 Å². The number of carbonyl (C=O) groups is 1. The first kappa shape index (κ1) is 14.8. The number of rotatable bonds is 6. The van der Waals surface area contributed by atoms with Crippen LogP contribution in [0.25, 0.3) is 10.8 Å². The molecule has 0 saturated carbocycles. The van der Waals surface area contributed by atoms with Crippen LogP contribution in [0.15, 0.2) is 36.4 Å². The molecule has 0 aliphatic rings. The SMILES string of the molecule is COc1ccc2c(CCC(C(=O)O)[N+](=O)[O-])cccc2c1. The van der Waals surface area contributed by atoms with Gasteiger partial charge in [-0.05, 0) is 34.9 Å². The second-order valence-corrected chi connectivity index (χ2v) is 4.68. The van der Waals surface area contributed by atoms with E-state index in [1.807, 2.05) is 36.4 Å². The van der Waals surface area contributed by atoms with Crippen molar-refractivity contribution >= 4 is 16.7 Å². The maximum Gasteiger partial charge on any atom is 0.379 e. The number of aliphatic carboxylic acids is 1. The average molecular weight is 289 g/mol. The minimum absolute atomic E-state index is 0.0343. The van der Waals surface area contributed by atoms with Crippen LogP contribution >= 0.6 is 0 Å². The van der Waals surface area contributed by atoms with Crippen LogP contribution in [0.3, 0.4) is 0 Å². The van der Waals surface area contributed by atoms with E-state index >= 15 is 0 Å². The van der Waals surface area contributed by atoms with Crippen molar-refractivity contribution in [3.05, 3.63) is 52.1 Å². The first-order chi connectivity index (χ1) is 10.0. The van der Waals surface area contributed by atoms with Crippen molar-refractivity contribution in [1.82, 2.24) is 0 Å². The first-order valence-electron chi connectivity index (χ1n) is 6.45. The van der Waals surface area contributed by atoms with Crippen molar-refractivity contribution in [3.8, 4) is 5.75 Å². The van der Waals surface area contributed by atoms with E-state index in [1.54, 1.807) is 7.11 Å². The van der Waals surface area contributed by atoms with E-state index in [9.17, 15) is 14.9 Å². The Bertz CT molecular complexity index is 669. The third kappa shape index (κ3) is 3.28. The summed E-state index contributed by atoms with van der Waals surface area (Å²) in [6, 6.07) is 9.62. The number of carboxylic acid groups (broad SMARTS) is 1. The van der Waals surface area contributed by atoms with Gasteiger partial charge in [-0.1, -0.05) is 24.3 Å². The molecule has 0 fully saturated rings. The molecular formula is C15H15NO5. The molecule has 0 saturated heterocycles. The van der Waals surface area contributed by atoms with Gasteiger partial charge in [0.15, 0.2) is 0 Å². The molecule has 0 heterocycles. The van der Waals surface area contributed by atoms with Crippen molar-refractivity contribution in [2.45, 2.75) is 18.9 Å². The highest BCUT2D eigenvalue weighted by atomic mass is 16.6. The summed E-state index contributed by atoms with van der Waals surface area (Å²) in [5, 5.41) is 21.5. The van der Waals surface area contributed by atoms with Crippen LogP contribution in [0.5, 0.6) is 5.75 Å². The van der Waals surface area contributed by atoms with E-state index in [0.717, 1.165) is 22.1 Å². The molecule has 0 amide bonds. The Morgan fingerprint density at radius 3 is 2.76 bits per heavy atom. The van der Waals surface area contributed by atoms with Crippen LogP contribution in [0, 0.1) is 10.1 Å². The lowest BCUT2D eigenvalue weighted by Crippen LogP contribution is -2.29. The molecule has 0 aliphatic carbocycles. The zero-order chi connectivity index (χ0) is 15.4. The molecule has 6 nitrogen and oxygen atoms in total. The van der Waals surface area contributed by atoms with Gasteiger partial charge in [-0.15, -0.1) is 0 Å². The third-order valence-electron chi connectivity index (χ3n) is 3.40. The molecule has 1 unspecified atom stereocenters. The monoisotopic (exact) mass is 289 g/mol. The largest absolute Gasteiger partial charge is 0.497 e. The van der Waals surface area contributed by atoms with E-state index in [1.165, 1.54) is 0 Å². The lowest BCUT2D eigenvalue weighted by Gasteiger charge is -2.09. The van der Waals surface area contributed by atoms with E-state index < -0.39 is 16.9 Å². The highest BCUT2D eigenvalue weighted by Crippen LogP contribution is 2.25. The lowest BCUT2D eigenvalue weighted by atomic mass is 9.99. The Kier molecular flexibility index (Phi) is 4.37. The number of nitro groups is 1. The fraction of sp³-hybridized carbons (Fsp3) is 0.267. The standard InChI is InChI=1S/C15H15NO5/c1-21-12-6-7-13-10(3-2-4-11(13)9-12)5-8-14(15(17)18)16(19)20/h2-4,6-7,9,14H,5,8H2,1H3,(H,17,18). The number of hydrogen-bond acceptors (Lipinski definition) is 4. The number of methoxy groups -OCH3 is 1. The molecule has 2 aromatic rings. The molecule has 21 heavy (non-hydrogen) atoms. The number of aryl methyl sites for hydroxylation is 1. The van der Waals surface area contributed by atoms with Gasteiger partial charge < -0.3 is 9.84 Å². The van der Waals surface area contributed by atoms with Crippen LogP contribution in [-0.2, 0) is 11.2 Å². The highest BCUT2D eigenvalue weighted by Gasteiger charge is 2.28. The topological polar surface area (TPSA) is 89.7 Å². The predicted molar refractivity (Wildman–Crippen MR) is 77.2 cm³/mol. The van der Waals surface area contributed by atoms with Crippen molar-refractivity contribution in [2.24, 2.45) is 0 Å². The highest BCUT2D eigenvalue weighted by molar-refractivity contribution is 5.87. The Hall–Kier alpha value is -2.63. The number of ether oxygens (including phenoxy) is 1. The molecule has 0 aromatic heterocycles. The summed E-state index contributed by atoms with van der Waals surface area (Å²) in [5.41, 5.74) is 0.892. The van der Waals surface area contributed by atoms with Crippen LogP contribution in [0.1, 0.15) is 12.0 Å². The van der Waals surface area contributed by atoms with Gasteiger partial charge in [0.1, 0.15) is 5.75 Å². The third-order valence-corrected chi connectivity index (χ3v) is 3.40. The van der Waals surface area contributed by atoms with Crippen LogP contribution in [-0.4, -0.2) is 29.2 Å². The van der Waals surface area contributed by atoms with Gasteiger partial charge in [-0.25, -0.2) is 4.79 Å². The Morgan fingerprint density at radius 1 is 1.38 bits per heavy atom. The molecule has 2 aromatic carbocycles. The van der Waals surface area contributed by atoms with Gasteiger partial charge in [0.25, 0.3) is 0 Å². The lowest BCUT2D eigenvalue weighted by molar-refractivity contribution is -0.510. The zero-order valence-corrected chi connectivity index (χ0v) is 11.5. The number of fused-ring (bicyclic) bond motifs is 1. The van der Waals surface area contributed by atoms with Crippen LogP contribution in [0.2, 0.25) is 0 Å². The molecule has 110 valence electrons. The summed E-state index contributed by atoms with van der Waals surface area (Å²) in [7, 11) is 1.58. The normalized spacial score (nSPS) is 12.0. The second kappa shape index (κ2) is 6.21. The maximum absolute atomic E-state index is 10.9. The van der Waals surface area contributed by atoms with Crippen molar-refractivity contribution < 1.29 is 19.6 Å². The molecule has 2 rings (SSSR count). The molecule has 0 spiro atoms. The summed E-state index contributed by atoms with van der Waals surface area (Å²) in [5.74, 6) is -0.671. The van der Waals surface area contributed by atoms with Crippen molar-refractivity contribution in [3.63, 3.8) is 0 Å². The number of nitrogens with zero attached hydrogens (tertiary/aromatic N) is 1. The minimum atomic E-state index is -1.57. The maximum atomic E-state index is 10.9. The van der Waals surface area contributed by atoms with Crippen LogP contribution in [0.4, 0.5) is 0 Å². The number of carboxylic acids is 1. The molecule has 1 N–H and O–H groups in total. The number of hydrogen-bond donors (Lipinski definition) is 1. The van der Waals surface area contributed by atoms with Gasteiger partial charge in [-0.2, -0.15) is 0 Å². The summed E-state index contributed by atoms with van der Waals surface area (Å²) in [4.78, 5) is 20.8. The Balaban J connectivity index is 2.26. The summed E-state index contributed by atoms with van der Waals surface area (Å²) < 4.78 is 5.16. The molecule has 0 radical (unpaired) electrons. The Labute approximate surface area is 121 Å². The predicted octanol–water partition coefficient (Wildman–Crippen LogP) is 2.51. The fourth-order valence-corrected chi connectivity index (χ4v) is 2.29. The molecular weight excluding hydrogens is 274 g/mol. The average Bonchev–Trinajstić information content (AvgIpc) is 2.46. The Morgan fingerprint density at radius 2 is 2.14 bits per heavy atom. The van der Waals surface area contributed by atoms with Crippen molar-refractivity contribution in [1.29, 1.82) is 0 Å². The van der Waals surface area contributed by atoms with E-state index in [-0.39, 0.29) is 6.42 Å². The van der Waals surface area contributed by atoms with Gasteiger partial charge in [-0.3, -0.25) is 10.1 Å². The van der Waals surface area contributed by atoms with Crippen LogP contribution < -0.4 is 4.74 Å². The smallest absolute Gasteiger partial charge is 0.379 e. The molecule has 0 bridgehead atoms. The summed E-state index contributed by atoms with van der Waals surface area (Å²) >= 11 is 0. The summed E-state index contributed by atoms with van der Waals surface area (Å²) in [6.45, 7) is 0. The second-order valence-electron chi connectivity index (χ2n) is 4.68. The quantitative estimate of drug-likeness (QED) is 0.652. The molecule has 1 atom stereocenters. The zero-order valence-electron chi connectivity index (χ0n) is 11.5.